The second-order valence-electron chi connectivity index (χ2n) is 6.36. The number of fused-ring (bicyclic) bond motifs is 1. The first kappa shape index (κ1) is 16.1. The van der Waals surface area contributed by atoms with Crippen LogP contribution in [0, 0.1) is 0 Å². The van der Waals surface area contributed by atoms with E-state index in [1.54, 1.807) is 16.4 Å². The van der Waals surface area contributed by atoms with Crippen LogP contribution in [0.2, 0.25) is 0 Å². The van der Waals surface area contributed by atoms with E-state index in [1.807, 2.05) is 43.3 Å². The van der Waals surface area contributed by atoms with Gasteiger partial charge in [-0.1, -0.05) is 44.2 Å². The van der Waals surface area contributed by atoms with Gasteiger partial charge >= 0.3 is 0 Å². The van der Waals surface area contributed by atoms with Crippen molar-refractivity contribution in [3.63, 3.8) is 0 Å². The van der Waals surface area contributed by atoms with Crippen molar-refractivity contribution in [3.05, 3.63) is 59.7 Å². The summed E-state index contributed by atoms with van der Waals surface area (Å²) >= 11 is 0. The molecule has 2 unspecified atom stereocenters. The molecule has 1 aliphatic rings. The summed E-state index contributed by atoms with van der Waals surface area (Å²) < 4.78 is 27.7. The molecule has 0 amide bonds. The summed E-state index contributed by atoms with van der Waals surface area (Å²) in [6.45, 7) is 6.26. The first-order chi connectivity index (χ1) is 10.9. The van der Waals surface area contributed by atoms with Gasteiger partial charge in [0.15, 0.2) is 0 Å². The van der Waals surface area contributed by atoms with Crippen molar-refractivity contribution < 1.29 is 8.42 Å². The van der Waals surface area contributed by atoms with Gasteiger partial charge in [-0.05, 0) is 55.0 Å². The predicted molar refractivity (Wildman–Crippen MR) is 94.4 cm³/mol. The maximum absolute atomic E-state index is 13.1. The molecule has 0 saturated heterocycles. The Labute approximate surface area is 139 Å². The summed E-state index contributed by atoms with van der Waals surface area (Å²) in [5, 5.41) is 0. The molecule has 1 aliphatic heterocycles. The van der Waals surface area contributed by atoms with E-state index in [0.29, 0.717) is 10.8 Å². The van der Waals surface area contributed by atoms with Gasteiger partial charge in [0.05, 0.1) is 10.6 Å². The minimum absolute atomic E-state index is 0.0494. The number of hydrogen-bond acceptors (Lipinski definition) is 2. The van der Waals surface area contributed by atoms with Gasteiger partial charge in [0.1, 0.15) is 0 Å². The van der Waals surface area contributed by atoms with Crippen LogP contribution in [0.1, 0.15) is 44.2 Å². The molecule has 0 saturated carbocycles. The molecule has 0 fully saturated rings. The molecule has 0 aromatic heterocycles. The van der Waals surface area contributed by atoms with Gasteiger partial charge in [-0.2, -0.15) is 0 Å². The zero-order valence-electron chi connectivity index (χ0n) is 13.9. The fourth-order valence-corrected chi connectivity index (χ4v) is 4.91. The van der Waals surface area contributed by atoms with Crippen molar-refractivity contribution in [2.45, 2.75) is 50.5 Å². The van der Waals surface area contributed by atoms with Gasteiger partial charge in [0.25, 0.3) is 10.0 Å². The molecular weight excluding hydrogens is 306 g/mol. The maximum atomic E-state index is 13.1. The van der Waals surface area contributed by atoms with Crippen molar-refractivity contribution in [1.82, 2.24) is 0 Å². The molecule has 23 heavy (non-hydrogen) atoms. The molecule has 0 N–H and O–H groups in total. The van der Waals surface area contributed by atoms with Gasteiger partial charge in [-0.3, -0.25) is 4.31 Å². The third-order valence-electron chi connectivity index (χ3n) is 4.76. The fourth-order valence-electron chi connectivity index (χ4n) is 3.22. The first-order valence-corrected chi connectivity index (χ1v) is 9.61. The van der Waals surface area contributed by atoms with E-state index in [-0.39, 0.29) is 6.04 Å². The van der Waals surface area contributed by atoms with Crippen LogP contribution in [0.5, 0.6) is 0 Å². The van der Waals surface area contributed by atoms with Crippen LogP contribution in [-0.4, -0.2) is 14.5 Å². The smallest absolute Gasteiger partial charge is 0.263 e. The Kier molecular flexibility index (Phi) is 4.19. The second-order valence-corrected chi connectivity index (χ2v) is 8.18. The van der Waals surface area contributed by atoms with E-state index >= 15 is 0 Å². The van der Waals surface area contributed by atoms with Gasteiger partial charge in [-0.25, -0.2) is 8.42 Å². The number of rotatable bonds is 4. The van der Waals surface area contributed by atoms with Crippen LogP contribution < -0.4 is 4.31 Å². The zero-order chi connectivity index (χ0) is 16.6. The molecule has 2 aromatic rings. The zero-order valence-corrected chi connectivity index (χ0v) is 14.7. The standard InChI is InChI=1S/C19H23NO2S/c1-4-14(2)16-9-11-18(12-10-16)23(21,22)20-15(3)13-17-7-5-6-8-19(17)20/h5-12,14-15H,4,13H2,1-3H3. The van der Waals surface area contributed by atoms with Crippen LogP contribution in [0.3, 0.4) is 0 Å². The molecule has 3 rings (SSSR count). The van der Waals surface area contributed by atoms with Gasteiger partial charge in [-0.15, -0.1) is 0 Å². The molecular formula is C19H23NO2S. The Morgan fingerprint density at radius 2 is 1.78 bits per heavy atom. The molecule has 0 aliphatic carbocycles. The maximum Gasteiger partial charge on any atom is 0.264 e. The van der Waals surface area contributed by atoms with Gasteiger partial charge < -0.3 is 0 Å². The molecule has 1 heterocycles. The van der Waals surface area contributed by atoms with Crippen molar-refractivity contribution >= 4 is 15.7 Å². The lowest BCUT2D eigenvalue weighted by molar-refractivity contribution is 0.584. The van der Waals surface area contributed by atoms with Crippen LogP contribution in [-0.2, 0) is 16.4 Å². The summed E-state index contributed by atoms with van der Waals surface area (Å²) in [6.07, 6.45) is 1.81. The Hall–Kier alpha value is -1.81. The summed E-state index contributed by atoms with van der Waals surface area (Å²) in [5.74, 6) is 0.443. The lowest BCUT2D eigenvalue weighted by Crippen LogP contribution is -2.35. The van der Waals surface area contributed by atoms with E-state index < -0.39 is 10.0 Å². The minimum Gasteiger partial charge on any atom is -0.263 e. The molecule has 0 bridgehead atoms. The number of para-hydroxylation sites is 1. The van der Waals surface area contributed by atoms with Crippen LogP contribution in [0.25, 0.3) is 0 Å². The van der Waals surface area contributed by atoms with Crippen molar-refractivity contribution in [2.75, 3.05) is 4.31 Å². The Morgan fingerprint density at radius 3 is 2.43 bits per heavy atom. The molecule has 2 atom stereocenters. The number of anilines is 1. The summed E-state index contributed by atoms with van der Waals surface area (Å²) in [6, 6.07) is 15.1. The number of hydrogen-bond donors (Lipinski definition) is 0. The molecule has 0 spiro atoms. The van der Waals surface area contributed by atoms with Crippen LogP contribution >= 0.6 is 0 Å². The summed E-state index contributed by atoms with van der Waals surface area (Å²) in [5.41, 5.74) is 3.09. The highest BCUT2D eigenvalue weighted by Crippen LogP contribution is 2.36. The highest BCUT2D eigenvalue weighted by Gasteiger charge is 2.35. The van der Waals surface area contributed by atoms with E-state index in [4.69, 9.17) is 0 Å². The molecule has 122 valence electrons. The summed E-state index contributed by atoms with van der Waals surface area (Å²) in [4.78, 5) is 0.369. The fraction of sp³-hybridized carbons (Fsp3) is 0.368. The van der Waals surface area contributed by atoms with E-state index in [2.05, 4.69) is 13.8 Å². The Balaban J connectivity index is 1.99. The summed E-state index contributed by atoms with van der Waals surface area (Å²) in [7, 11) is -3.52. The van der Waals surface area contributed by atoms with Crippen LogP contribution in [0.15, 0.2) is 53.4 Å². The van der Waals surface area contributed by atoms with E-state index in [9.17, 15) is 8.42 Å². The second kappa shape index (κ2) is 6.00. The lowest BCUT2D eigenvalue weighted by Gasteiger charge is -2.24. The highest BCUT2D eigenvalue weighted by molar-refractivity contribution is 7.92. The normalized spacial score (nSPS) is 18.7. The first-order valence-electron chi connectivity index (χ1n) is 8.17. The average molecular weight is 329 g/mol. The minimum atomic E-state index is -3.52. The molecule has 3 nitrogen and oxygen atoms in total. The molecule has 0 radical (unpaired) electrons. The van der Waals surface area contributed by atoms with Crippen LogP contribution in [0.4, 0.5) is 5.69 Å². The largest absolute Gasteiger partial charge is 0.264 e. The van der Waals surface area contributed by atoms with E-state index in [0.717, 1.165) is 24.1 Å². The van der Waals surface area contributed by atoms with Gasteiger partial charge in [0.2, 0.25) is 0 Å². The molecule has 4 heteroatoms. The third-order valence-corrected chi connectivity index (χ3v) is 6.71. The average Bonchev–Trinajstić information content (AvgIpc) is 2.90. The van der Waals surface area contributed by atoms with E-state index in [1.165, 1.54) is 5.56 Å². The number of sulfonamides is 1. The molecule has 2 aromatic carbocycles. The quantitative estimate of drug-likeness (QED) is 0.837. The van der Waals surface area contributed by atoms with Crippen molar-refractivity contribution in [3.8, 4) is 0 Å². The SMILES string of the molecule is CCC(C)c1ccc(S(=O)(=O)N2c3ccccc3CC2C)cc1. The lowest BCUT2D eigenvalue weighted by atomic mass is 9.99. The monoisotopic (exact) mass is 329 g/mol. The van der Waals surface area contributed by atoms with Crippen molar-refractivity contribution in [2.24, 2.45) is 0 Å². The topological polar surface area (TPSA) is 37.4 Å². The predicted octanol–water partition coefficient (Wildman–Crippen LogP) is 4.34. The number of nitrogens with zero attached hydrogens (tertiary/aromatic N) is 1. The Bertz CT molecular complexity index is 796. The third kappa shape index (κ3) is 2.76. The van der Waals surface area contributed by atoms with Crippen molar-refractivity contribution in [1.29, 1.82) is 0 Å². The number of benzene rings is 2. The Morgan fingerprint density at radius 1 is 1.13 bits per heavy atom. The highest BCUT2D eigenvalue weighted by atomic mass is 32.2. The van der Waals surface area contributed by atoms with Gasteiger partial charge in [0, 0.05) is 6.04 Å².